The van der Waals surface area contributed by atoms with E-state index in [1.807, 2.05) is 0 Å². The average Bonchev–Trinajstić information content (AvgIpc) is 2.09. The van der Waals surface area contributed by atoms with Gasteiger partial charge in [-0.1, -0.05) is 6.92 Å². The van der Waals surface area contributed by atoms with E-state index < -0.39 is 0 Å². The first-order valence-corrected chi connectivity index (χ1v) is 5.51. The molecule has 0 aromatic carbocycles. The molecule has 0 aromatic heterocycles. The summed E-state index contributed by atoms with van der Waals surface area (Å²) in [7, 11) is 2.08. The van der Waals surface area contributed by atoms with E-state index in [2.05, 4.69) is 45.0 Å². The topological polar surface area (TPSA) is 15.3 Å². The number of piperidine rings is 1. The maximum Gasteiger partial charge on any atom is 0.0117 e. The second-order valence-electron chi connectivity index (χ2n) is 4.62. The standard InChI is InChI=1S/C11H24N2/c1-8(2)13-7-6-11(12-5)9(3)10(13)4/h8-12H,6-7H2,1-5H3. The van der Waals surface area contributed by atoms with Crippen molar-refractivity contribution in [1.82, 2.24) is 10.2 Å². The molecule has 3 atom stereocenters. The van der Waals surface area contributed by atoms with Crippen molar-refractivity contribution in [1.29, 1.82) is 0 Å². The monoisotopic (exact) mass is 184 g/mol. The van der Waals surface area contributed by atoms with Crippen molar-refractivity contribution < 1.29 is 0 Å². The quantitative estimate of drug-likeness (QED) is 0.703. The van der Waals surface area contributed by atoms with Crippen LogP contribution >= 0.6 is 0 Å². The van der Waals surface area contributed by atoms with E-state index in [1.165, 1.54) is 13.0 Å². The Balaban J connectivity index is 2.59. The molecule has 13 heavy (non-hydrogen) atoms. The van der Waals surface area contributed by atoms with Gasteiger partial charge in [0.2, 0.25) is 0 Å². The van der Waals surface area contributed by atoms with Crippen LogP contribution in [-0.4, -0.2) is 36.6 Å². The Hall–Kier alpha value is -0.0800. The fourth-order valence-electron chi connectivity index (χ4n) is 2.53. The minimum Gasteiger partial charge on any atom is -0.317 e. The zero-order valence-electron chi connectivity index (χ0n) is 9.67. The third-order valence-electron chi connectivity index (χ3n) is 3.65. The molecule has 1 heterocycles. The molecule has 2 nitrogen and oxygen atoms in total. The highest BCUT2D eigenvalue weighted by molar-refractivity contribution is 4.89. The van der Waals surface area contributed by atoms with Crippen LogP contribution in [0.1, 0.15) is 34.1 Å². The Kier molecular flexibility index (Phi) is 3.74. The molecule has 1 aliphatic rings. The summed E-state index contributed by atoms with van der Waals surface area (Å²) in [4.78, 5) is 2.61. The Morgan fingerprint density at radius 3 is 2.38 bits per heavy atom. The minimum absolute atomic E-state index is 0.690. The summed E-state index contributed by atoms with van der Waals surface area (Å²) in [6.07, 6.45) is 1.29. The van der Waals surface area contributed by atoms with E-state index in [0.29, 0.717) is 18.1 Å². The van der Waals surface area contributed by atoms with Gasteiger partial charge in [0.05, 0.1) is 0 Å². The fraction of sp³-hybridized carbons (Fsp3) is 1.00. The van der Waals surface area contributed by atoms with Gasteiger partial charge in [0, 0.05) is 24.7 Å². The van der Waals surface area contributed by atoms with Crippen molar-refractivity contribution in [2.45, 2.75) is 52.2 Å². The first-order chi connectivity index (χ1) is 6.07. The second-order valence-corrected chi connectivity index (χ2v) is 4.62. The van der Waals surface area contributed by atoms with Gasteiger partial charge in [0.1, 0.15) is 0 Å². The molecular formula is C11H24N2. The second kappa shape index (κ2) is 4.43. The van der Waals surface area contributed by atoms with Gasteiger partial charge in [0.15, 0.2) is 0 Å². The minimum atomic E-state index is 0.690. The molecule has 1 fully saturated rings. The average molecular weight is 184 g/mol. The molecule has 0 saturated carbocycles. The molecule has 78 valence electrons. The fourth-order valence-corrected chi connectivity index (χ4v) is 2.53. The highest BCUT2D eigenvalue weighted by atomic mass is 15.2. The van der Waals surface area contributed by atoms with Gasteiger partial charge in [0.25, 0.3) is 0 Å². The number of likely N-dealkylation sites (tertiary alicyclic amines) is 1. The zero-order valence-corrected chi connectivity index (χ0v) is 9.67. The van der Waals surface area contributed by atoms with Gasteiger partial charge in [-0.15, -0.1) is 0 Å². The Labute approximate surface area is 82.7 Å². The van der Waals surface area contributed by atoms with Crippen LogP contribution in [0.5, 0.6) is 0 Å². The van der Waals surface area contributed by atoms with Crippen LogP contribution < -0.4 is 5.32 Å². The summed E-state index contributed by atoms with van der Waals surface area (Å²) in [5.41, 5.74) is 0. The SMILES string of the molecule is CNC1CCN(C(C)C)C(C)C1C. The maximum absolute atomic E-state index is 3.42. The molecule has 0 aliphatic carbocycles. The van der Waals surface area contributed by atoms with Crippen molar-refractivity contribution in [3.8, 4) is 0 Å². The first kappa shape index (κ1) is 11.0. The van der Waals surface area contributed by atoms with Crippen molar-refractivity contribution >= 4 is 0 Å². The molecule has 0 bridgehead atoms. The smallest absolute Gasteiger partial charge is 0.0117 e. The molecule has 0 amide bonds. The third-order valence-corrected chi connectivity index (χ3v) is 3.65. The summed E-state index contributed by atoms with van der Waals surface area (Å²) in [5, 5.41) is 3.42. The largest absolute Gasteiger partial charge is 0.317 e. The Morgan fingerprint density at radius 1 is 1.31 bits per heavy atom. The summed E-state index contributed by atoms with van der Waals surface area (Å²) in [6.45, 7) is 10.6. The lowest BCUT2D eigenvalue weighted by molar-refractivity contribution is 0.0613. The number of nitrogens with zero attached hydrogens (tertiary/aromatic N) is 1. The van der Waals surface area contributed by atoms with Gasteiger partial charge >= 0.3 is 0 Å². The molecular weight excluding hydrogens is 160 g/mol. The highest BCUT2D eigenvalue weighted by Gasteiger charge is 2.32. The summed E-state index contributed by atoms with van der Waals surface area (Å²) >= 11 is 0. The van der Waals surface area contributed by atoms with Gasteiger partial charge in [-0.25, -0.2) is 0 Å². The summed E-state index contributed by atoms with van der Waals surface area (Å²) in [5.74, 6) is 0.765. The van der Waals surface area contributed by atoms with Gasteiger partial charge in [-0.2, -0.15) is 0 Å². The van der Waals surface area contributed by atoms with Crippen molar-refractivity contribution in [3.63, 3.8) is 0 Å². The van der Waals surface area contributed by atoms with Crippen molar-refractivity contribution in [3.05, 3.63) is 0 Å². The Bertz CT molecular complexity index is 156. The zero-order chi connectivity index (χ0) is 10.0. The predicted molar refractivity (Wildman–Crippen MR) is 57.9 cm³/mol. The van der Waals surface area contributed by atoms with Gasteiger partial charge < -0.3 is 5.32 Å². The van der Waals surface area contributed by atoms with Crippen LogP contribution in [0, 0.1) is 5.92 Å². The molecule has 0 spiro atoms. The molecule has 0 aromatic rings. The van der Waals surface area contributed by atoms with E-state index in [1.54, 1.807) is 0 Å². The summed E-state index contributed by atoms with van der Waals surface area (Å²) in [6, 6.07) is 2.12. The number of nitrogens with one attached hydrogen (secondary N) is 1. The Morgan fingerprint density at radius 2 is 1.92 bits per heavy atom. The lowest BCUT2D eigenvalue weighted by Crippen LogP contribution is -2.54. The van der Waals surface area contributed by atoms with E-state index in [9.17, 15) is 0 Å². The predicted octanol–water partition coefficient (Wildman–Crippen LogP) is 1.71. The van der Waals surface area contributed by atoms with Gasteiger partial charge in [-0.3, -0.25) is 4.90 Å². The third kappa shape index (κ3) is 2.23. The summed E-state index contributed by atoms with van der Waals surface area (Å²) < 4.78 is 0. The van der Waals surface area contributed by atoms with E-state index in [0.717, 1.165) is 5.92 Å². The van der Waals surface area contributed by atoms with Crippen LogP contribution in [0.15, 0.2) is 0 Å². The van der Waals surface area contributed by atoms with Crippen LogP contribution in [0.2, 0.25) is 0 Å². The molecule has 1 saturated heterocycles. The maximum atomic E-state index is 3.42. The highest BCUT2D eigenvalue weighted by Crippen LogP contribution is 2.24. The molecule has 0 radical (unpaired) electrons. The van der Waals surface area contributed by atoms with E-state index >= 15 is 0 Å². The van der Waals surface area contributed by atoms with Crippen molar-refractivity contribution in [2.75, 3.05) is 13.6 Å². The van der Waals surface area contributed by atoms with E-state index in [4.69, 9.17) is 0 Å². The number of hydrogen-bond donors (Lipinski definition) is 1. The molecule has 2 heteroatoms. The normalized spacial score (nSPS) is 36.9. The molecule has 1 rings (SSSR count). The van der Waals surface area contributed by atoms with Crippen LogP contribution in [0.25, 0.3) is 0 Å². The van der Waals surface area contributed by atoms with Crippen LogP contribution in [0.4, 0.5) is 0 Å². The lowest BCUT2D eigenvalue weighted by atomic mass is 9.86. The molecule has 3 unspecified atom stereocenters. The lowest BCUT2D eigenvalue weighted by Gasteiger charge is -2.44. The van der Waals surface area contributed by atoms with Gasteiger partial charge in [-0.05, 0) is 40.2 Å². The first-order valence-electron chi connectivity index (χ1n) is 5.51. The number of rotatable bonds is 2. The van der Waals surface area contributed by atoms with Crippen LogP contribution in [0.3, 0.4) is 0 Å². The molecule has 1 N–H and O–H groups in total. The van der Waals surface area contributed by atoms with E-state index in [-0.39, 0.29) is 0 Å². The number of hydrogen-bond acceptors (Lipinski definition) is 2. The molecule has 1 aliphatic heterocycles. The van der Waals surface area contributed by atoms with Crippen LogP contribution in [-0.2, 0) is 0 Å². The van der Waals surface area contributed by atoms with Crippen molar-refractivity contribution in [2.24, 2.45) is 5.92 Å².